The van der Waals surface area contributed by atoms with Crippen molar-refractivity contribution in [2.75, 3.05) is 13.1 Å². The van der Waals surface area contributed by atoms with Gasteiger partial charge in [0, 0.05) is 13.1 Å². The van der Waals surface area contributed by atoms with Gasteiger partial charge >= 0.3 is 12.0 Å². The zero-order chi connectivity index (χ0) is 12.7. The molecule has 5 N–H and O–H groups in total. The Morgan fingerprint density at radius 1 is 1.29 bits per heavy atom. The molecule has 0 radical (unpaired) electrons. The third-order valence-electron chi connectivity index (χ3n) is 3.10. The number of carboxylic acids is 1. The summed E-state index contributed by atoms with van der Waals surface area (Å²) in [4.78, 5) is 22.6. The fourth-order valence-corrected chi connectivity index (χ4v) is 2.23. The van der Waals surface area contributed by atoms with Crippen LogP contribution < -0.4 is 16.4 Å². The smallest absolute Gasteiger partial charge is 0.326 e. The first-order valence-corrected chi connectivity index (χ1v) is 6.12. The molecular formula is C11H21N3O3. The van der Waals surface area contributed by atoms with Crippen LogP contribution in [0.1, 0.15) is 32.1 Å². The second-order valence-corrected chi connectivity index (χ2v) is 4.40. The minimum atomic E-state index is -0.959. The maximum Gasteiger partial charge on any atom is 0.326 e. The SMILES string of the molecule is NCCNC(=O)NC(C(=O)O)C1CCCCC1. The molecule has 0 heterocycles. The van der Waals surface area contributed by atoms with Crippen molar-refractivity contribution < 1.29 is 14.7 Å². The number of nitrogens with two attached hydrogens (primary N) is 1. The molecule has 6 heteroatoms. The molecule has 1 fully saturated rings. The summed E-state index contributed by atoms with van der Waals surface area (Å²) in [5.74, 6) is -0.912. The van der Waals surface area contributed by atoms with Crippen molar-refractivity contribution in [2.45, 2.75) is 38.1 Å². The molecule has 0 bridgehead atoms. The van der Waals surface area contributed by atoms with E-state index in [-0.39, 0.29) is 5.92 Å². The molecule has 1 unspecified atom stereocenters. The van der Waals surface area contributed by atoms with Crippen molar-refractivity contribution >= 4 is 12.0 Å². The molecule has 17 heavy (non-hydrogen) atoms. The predicted molar refractivity (Wildman–Crippen MR) is 63.6 cm³/mol. The van der Waals surface area contributed by atoms with Crippen molar-refractivity contribution in [3.8, 4) is 0 Å². The highest BCUT2D eigenvalue weighted by molar-refractivity contribution is 5.82. The highest BCUT2D eigenvalue weighted by Crippen LogP contribution is 2.26. The van der Waals surface area contributed by atoms with Gasteiger partial charge in [0.15, 0.2) is 0 Å². The van der Waals surface area contributed by atoms with Crippen LogP contribution in [-0.4, -0.2) is 36.2 Å². The first kappa shape index (κ1) is 13.8. The molecule has 0 aliphatic heterocycles. The third-order valence-corrected chi connectivity index (χ3v) is 3.10. The molecule has 1 rings (SSSR count). The Morgan fingerprint density at radius 3 is 2.47 bits per heavy atom. The molecule has 0 aromatic carbocycles. The second kappa shape index (κ2) is 7.11. The van der Waals surface area contributed by atoms with Crippen LogP contribution in [-0.2, 0) is 4.79 Å². The van der Waals surface area contributed by atoms with Gasteiger partial charge in [-0.15, -0.1) is 0 Å². The Bertz CT molecular complexity index is 265. The number of carboxylic acid groups (broad SMARTS) is 1. The highest BCUT2D eigenvalue weighted by atomic mass is 16.4. The second-order valence-electron chi connectivity index (χ2n) is 4.40. The number of aliphatic carboxylic acids is 1. The van der Waals surface area contributed by atoms with Crippen LogP contribution in [0.25, 0.3) is 0 Å². The Balaban J connectivity index is 2.47. The first-order chi connectivity index (χ1) is 8.15. The van der Waals surface area contributed by atoms with Crippen LogP contribution in [0.4, 0.5) is 4.79 Å². The largest absolute Gasteiger partial charge is 0.480 e. The summed E-state index contributed by atoms with van der Waals surface area (Å²) in [6, 6.07) is -1.23. The zero-order valence-corrected chi connectivity index (χ0v) is 9.95. The maximum atomic E-state index is 11.4. The van der Waals surface area contributed by atoms with Crippen molar-refractivity contribution in [1.29, 1.82) is 0 Å². The number of hydrogen-bond acceptors (Lipinski definition) is 3. The Hall–Kier alpha value is -1.30. The lowest BCUT2D eigenvalue weighted by atomic mass is 9.84. The number of hydrogen-bond donors (Lipinski definition) is 4. The van der Waals surface area contributed by atoms with Crippen LogP contribution >= 0.6 is 0 Å². The van der Waals surface area contributed by atoms with Gasteiger partial charge in [-0.05, 0) is 18.8 Å². The number of amides is 2. The van der Waals surface area contributed by atoms with Crippen LogP contribution in [0.3, 0.4) is 0 Å². The van der Waals surface area contributed by atoms with E-state index >= 15 is 0 Å². The van der Waals surface area contributed by atoms with E-state index in [2.05, 4.69) is 10.6 Å². The Kier molecular flexibility index (Phi) is 5.76. The monoisotopic (exact) mass is 243 g/mol. The third kappa shape index (κ3) is 4.60. The summed E-state index contributed by atoms with van der Waals surface area (Å²) in [6.07, 6.45) is 4.98. The Morgan fingerprint density at radius 2 is 1.94 bits per heavy atom. The average Bonchev–Trinajstić information content (AvgIpc) is 2.34. The summed E-state index contributed by atoms with van der Waals surface area (Å²) < 4.78 is 0. The van der Waals surface area contributed by atoms with E-state index in [0.717, 1.165) is 32.1 Å². The van der Waals surface area contributed by atoms with Gasteiger partial charge in [-0.2, -0.15) is 0 Å². The number of carbonyl (C=O) groups excluding carboxylic acids is 1. The molecule has 1 saturated carbocycles. The molecule has 1 aliphatic carbocycles. The first-order valence-electron chi connectivity index (χ1n) is 6.12. The van der Waals surface area contributed by atoms with E-state index in [1.54, 1.807) is 0 Å². The van der Waals surface area contributed by atoms with Gasteiger partial charge in [0.1, 0.15) is 6.04 Å². The summed E-state index contributed by atoms with van der Waals surface area (Å²) in [5.41, 5.74) is 5.25. The van der Waals surface area contributed by atoms with E-state index in [0.29, 0.717) is 13.1 Å². The van der Waals surface area contributed by atoms with E-state index in [1.807, 2.05) is 0 Å². The highest BCUT2D eigenvalue weighted by Gasteiger charge is 2.30. The molecule has 0 aromatic rings. The van der Waals surface area contributed by atoms with Crippen LogP contribution in [0.15, 0.2) is 0 Å². The van der Waals surface area contributed by atoms with E-state index in [9.17, 15) is 9.59 Å². The molecule has 6 nitrogen and oxygen atoms in total. The fraction of sp³-hybridized carbons (Fsp3) is 0.818. The lowest BCUT2D eigenvalue weighted by Crippen LogP contribution is -2.50. The molecule has 1 aliphatic rings. The van der Waals surface area contributed by atoms with E-state index < -0.39 is 18.0 Å². The lowest BCUT2D eigenvalue weighted by molar-refractivity contribution is -0.141. The zero-order valence-electron chi connectivity index (χ0n) is 9.95. The minimum Gasteiger partial charge on any atom is -0.480 e. The Labute approximate surface area is 101 Å². The van der Waals surface area contributed by atoms with Gasteiger partial charge in [0.05, 0.1) is 0 Å². The summed E-state index contributed by atoms with van der Waals surface area (Å²) in [5, 5.41) is 14.2. The minimum absolute atomic E-state index is 0.0462. The van der Waals surface area contributed by atoms with E-state index in [1.165, 1.54) is 0 Å². The molecule has 98 valence electrons. The molecule has 0 spiro atoms. The molecule has 0 aromatic heterocycles. The van der Waals surface area contributed by atoms with Crippen molar-refractivity contribution in [3.05, 3.63) is 0 Å². The summed E-state index contributed by atoms with van der Waals surface area (Å²) in [7, 11) is 0. The normalized spacial score (nSPS) is 18.4. The van der Waals surface area contributed by atoms with Gasteiger partial charge in [-0.25, -0.2) is 9.59 Å². The predicted octanol–water partition coefficient (Wildman–Crippen LogP) is 0.278. The summed E-state index contributed by atoms with van der Waals surface area (Å²) >= 11 is 0. The van der Waals surface area contributed by atoms with Crippen LogP contribution in [0.5, 0.6) is 0 Å². The van der Waals surface area contributed by atoms with Gasteiger partial charge in [-0.3, -0.25) is 0 Å². The molecule has 1 atom stereocenters. The van der Waals surface area contributed by atoms with Crippen molar-refractivity contribution in [3.63, 3.8) is 0 Å². The number of carbonyl (C=O) groups is 2. The standard InChI is InChI=1S/C11H21N3O3/c12-6-7-13-11(17)14-9(10(15)16)8-4-2-1-3-5-8/h8-9H,1-7,12H2,(H,15,16)(H2,13,14,17). The molecular weight excluding hydrogens is 222 g/mol. The van der Waals surface area contributed by atoms with Gasteiger partial charge < -0.3 is 21.5 Å². The van der Waals surface area contributed by atoms with Crippen LogP contribution in [0.2, 0.25) is 0 Å². The number of urea groups is 1. The summed E-state index contributed by atoms with van der Waals surface area (Å²) in [6.45, 7) is 0.692. The van der Waals surface area contributed by atoms with Crippen molar-refractivity contribution in [1.82, 2.24) is 10.6 Å². The quantitative estimate of drug-likeness (QED) is 0.556. The van der Waals surface area contributed by atoms with Gasteiger partial charge in [-0.1, -0.05) is 19.3 Å². The van der Waals surface area contributed by atoms with Gasteiger partial charge in [0.25, 0.3) is 0 Å². The molecule has 0 saturated heterocycles. The molecule has 2 amide bonds. The number of nitrogens with one attached hydrogen (secondary N) is 2. The number of rotatable bonds is 5. The maximum absolute atomic E-state index is 11.4. The lowest BCUT2D eigenvalue weighted by Gasteiger charge is -2.28. The average molecular weight is 243 g/mol. The van der Waals surface area contributed by atoms with Crippen molar-refractivity contribution in [2.24, 2.45) is 11.7 Å². The topological polar surface area (TPSA) is 104 Å². The van der Waals surface area contributed by atoms with Crippen LogP contribution in [0, 0.1) is 5.92 Å². The van der Waals surface area contributed by atoms with E-state index in [4.69, 9.17) is 10.8 Å². The fourth-order valence-electron chi connectivity index (χ4n) is 2.23. The van der Waals surface area contributed by atoms with Gasteiger partial charge in [0.2, 0.25) is 0 Å².